The lowest BCUT2D eigenvalue weighted by molar-refractivity contribution is -0.137. The number of benzene rings is 2. The Morgan fingerprint density at radius 1 is 1.20 bits per heavy atom. The minimum atomic E-state index is -4.55. The van der Waals surface area contributed by atoms with Gasteiger partial charge in [-0.1, -0.05) is 30.3 Å². The molecule has 182 valence electrons. The molecule has 11 heteroatoms. The van der Waals surface area contributed by atoms with E-state index in [1.807, 2.05) is 12.1 Å². The molecule has 2 amide bonds. The third kappa shape index (κ3) is 5.92. The standard InChI is InChI=1S/C24H20ClF3N4O3/c25-16(14-4-2-1-3-5-14)11-20(33)30-18(22(34)32-23(13-29)8-9-23)12-21-31-17-10-15(24(26,27)28)6-7-19(17)35-21/h1-7,10,16,18H,8-9,11-12H2,(H,30,33)(H,32,34)/t16-,18?/m0/s1. The Bertz CT molecular complexity index is 1280. The van der Waals surface area contributed by atoms with Gasteiger partial charge < -0.3 is 15.1 Å². The summed E-state index contributed by atoms with van der Waals surface area (Å²) in [7, 11) is 0. The van der Waals surface area contributed by atoms with Crippen molar-refractivity contribution in [2.45, 2.75) is 48.8 Å². The average molecular weight is 505 g/mol. The summed E-state index contributed by atoms with van der Waals surface area (Å²) in [4.78, 5) is 29.7. The first-order valence-electron chi connectivity index (χ1n) is 10.8. The molecule has 35 heavy (non-hydrogen) atoms. The van der Waals surface area contributed by atoms with Gasteiger partial charge in [0.05, 0.1) is 23.4 Å². The quantitative estimate of drug-likeness (QED) is 0.442. The molecule has 0 spiro atoms. The van der Waals surface area contributed by atoms with Crippen molar-refractivity contribution in [3.05, 3.63) is 65.5 Å². The van der Waals surface area contributed by atoms with Gasteiger partial charge in [-0.2, -0.15) is 18.4 Å². The molecule has 1 aliphatic carbocycles. The highest BCUT2D eigenvalue weighted by atomic mass is 35.5. The minimum absolute atomic E-state index is 0.0269. The van der Waals surface area contributed by atoms with E-state index in [-0.39, 0.29) is 29.8 Å². The number of amides is 2. The molecule has 1 heterocycles. The first-order chi connectivity index (χ1) is 16.6. The third-order valence-electron chi connectivity index (χ3n) is 5.64. The van der Waals surface area contributed by atoms with Crippen LogP contribution in [0.25, 0.3) is 11.1 Å². The van der Waals surface area contributed by atoms with Crippen LogP contribution >= 0.6 is 11.6 Å². The predicted octanol–water partition coefficient (Wildman–Crippen LogP) is 4.42. The zero-order chi connectivity index (χ0) is 25.2. The van der Waals surface area contributed by atoms with Crippen molar-refractivity contribution in [3.8, 4) is 6.07 Å². The Morgan fingerprint density at radius 2 is 1.91 bits per heavy atom. The van der Waals surface area contributed by atoms with Crippen LogP contribution in [0.5, 0.6) is 0 Å². The fourth-order valence-electron chi connectivity index (χ4n) is 3.53. The molecule has 4 rings (SSSR count). The zero-order valence-corrected chi connectivity index (χ0v) is 19.0. The van der Waals surface area contributed by atoms with E-state index in [0.717, 1.165) is 23.8 Å². The van der Waals surface area contributed by atoms with Gasteiger partial charge >= 0.3 is 6.18 Å². The van der Waals surface area contributed by atoms with Crippen LogP contribution in [0.2, 0.25) is 0 Å². The van der Waals surface area contributed by atoms with E-state index in [2.05, 4.69) is 15.6 Å². The van der Waals surface area contributed by atoms with Crippen LogP contribution in [0.4, 0.5) is 13.2 Å². The third-order valence-corrected chi connectivity index (χ3v) is 6.05. The van der Waals surface area contributed by atoms with Crippen molar-refractivity contribution in [2.75, 3.05) is 0 Å². The molecule has 1 fully saturated rings. The van der Waals surface area contributed by atoms with Gasteiger partial charge in [-0.25, -0.2) is 4.98 Å². The molecular weight excluding hydrogens is 485 g/mol. The normalized spacial score (nSPS) is 16.2. The lowest BCUT2D eigenvalue weighted by Gasteiger charge is -2.20. The van der Waals surface area contributed by atoms with Crippen molar-refractivity contribution in [2.24, 2.45) is 0 Å². The van der Waals surface area contributed by atoms with E-state index < -0.39 is 40.5 Å². The van der Waals surface area contributed by atoms with E-state index in [4.69, 9.17) is 16.0 Å². The summed E-state index contributed by atoms with van der Waals surface area (Å²) >= 11 is 6.34. The molecular formula is C24H20ClF3N4O3. The number of oxazole rings is 1. The number of alkyl halides is 4. The molecule has 0 aliphatic heterocycles. The van der Waals surface area contributed by atoms with Crippen LogP contribution in [-0.2, 0) is 22.2 Å². The number of fused-ring (bicyclic) bond motifs is 1. The summed E-state index contributed by atoms with van der Waals surface area (Å²) in [5.41, 5.74) is -1.06. The fourth-order valence-corrected chi connectivity index (χ4v) is 3.82. The highest BCUT2D eigenvalue weighted by Crippen LogP contribution is 2.35. The lowest BCUT2D eigenvalue weighted by atomic mass is 10.1. The molecule has 2 atom stereocenters. The molecule has 2 aromatic carbocycles. The molecule has 0 radical (unpaired) electrons. The second-order valence-corrected chi connectivity index (χ2v) is 8.90. The van der Waals surface area contributed by atoms with Crippen LogP contribution in [0.15, 0.2) is 52.9 Å². The summed E-state index contributed by atoms with van der Waals surface area (Å²) in [6.07, 6.45) is -3.93. The van der Waals surface area contributed by atoms with Gasteiger partial charge in [0.1, 0.15) is 17.1 Å². The SMILES string of the molecule is N#CC1(NC(=O)C(Cc2nc3cc(C(F)(F)F)ccc3o2)NC(=O)C[C@H](Cl)c2ccccc2)CC1. The molecule has 2 N–H and O–H groups in total. The Labute approximate surface area is 203 Å². The van der Waals surface area contributed by atoms with Gasteiger partial charge in [0, 0.05) is 6.42 Å². The maximum Gasteiger partial charge on any atom is 0.416 e. The average Bonchev–Trinajstić information content (AvgIpc) is 3.47. The number of nitrogens with zero attached hydrogens (tertiary/aromatic N) is 2. The van der Waals surface area contributed by atoms with Crippen molar-refractivity contribution in [1.82, 2.24) is 15.6 Å². The number of halogens is 4. The first kappa shape index (κ1) is 24.5. The Morgan fingerprint density at radius 3 is 2.54 bits per heavy atom. The van der Waals surface area contributed by atoms with Crippen LogP contribution in [0.1, 0.15) is 41.7 Å². The van der Waals surface area contributed by atoms with Crippen molar-refractivity contribution < 1.29 is 27.2 Å². The van der Waals surface area contributed by atoms with Crippen LogP contribution < -0.4 is 10.6 Å². The van der Waals surface area contributed by atoms with Crippen molar-refractivity contribution >= 4 is 34.5 Å². The summed E-state index contributed by atoms with van der Waals surface area (Å²) in [6, 6.07) is 12.7. The summed E-state index contributed by atoms with van der Waals surface area (Å²) < 4.78 is 44.5. The minimum Gasteiger partial charge on any atom is -0.441 e. The van der Waals surface area contributed by atoms with Gasteiger partial charge in [0.2, 0.25) is 11.8 Å². The van der Waals surface area contributed by atoms with Gasteiger partial charge in [0.15, 0.2) is 11.5 Å². The molecule has 0 saturated heterocycles. The van der Waals surface area contributed by atoms with Crippen LogP contribution in [0.3, 0.4) is 0 Å². The number of carbonyl (C=O) groups is 2. The molecule has 1 aromatic heterocycles. The van der Waals surface area contributed by atoms with Crippen LogP contribution in [0, 0.1) is 11.3 Å². The maximum absolute atomic E-state index is 13.0. The molecule has 7 nitrogen and oxygen atoms in total. The zero-order valence-electron chi connectivity index (χ0n) is 18.2. The van der Waals surface area contributed by atoms with Gasteiger partial charge in [-0.05, 0) is 36.6 Å². The molecule has 0 bridgehead atoms. The smallest absolute Gasteiger partial charge is 0.416 e. The number of nitriles is 1. The first-order valence-corrected chi connectivity index (χ1v) is 11.2. The summed E-state index contributed by atoms with van der Waals surface area (Å²) in [5.74, 6) is -1.18. The van der Waals surface area contributed by atoms with E-state index in [0.29, 0.717) is 12.8 Å². The van der Waals surface area contributed by atoms with E-state index in [9.17, 15) is 28.0 Å². The fraction of sp³-hybridized carbons (Fsp3) is 0.333. The monoisotopic (exact) mass is 504 g/mol. The topological polar surface area (TPSA) is 108 Å². The number of nitrogens with one attached hydrogen (secondary N) is 2. The second kappa shape index (κ2) is 9.58. The molecule has 1 aliphatic rings. The van der Waals surface area contributed by atoms with Crippen molar-refractivity contribution in [1.29, 1.82) is 5.26 Å². The van der Waals surface area contributed by atoms with Gasteiger partial charge in [0.25, 0.3) is 0 Å². The van der Waals surface area contributed by atoms with Crippen LogP contribution in [-0.4, -0.2) is 28.4 Å². The molecule has 1 unspecified atom stereocenters. The van der Waals surface area contributed by atoms with E-state index >= 15 is 0 Å². The lowest BCUT2D eigenvalue weighted by Crippen LogP contribution is -2.51. The predicted molar refractivity (Wildman–Crippen MR) is 120 cm³/mol. The number of rotatable bonds is 8. The molecule has 3 aromatic rings. The van der Waals surface area contributed by atoms with E-state index in [1.54, 1.807) is 24.3 Å². The summed E-state index contributed by atoms with van der Waals surface area (Å²) in [5, 5.41) is 13.9. The molecule has 1 saturated carbocycles. The largest absolute Gasteiger partial charge is 0.441 e. The van der Waals surface area contributed by atoms with Gasteiger partial charge in [-0.3, -0.25) is 9.59 Å². The number of aromatic nitrogens is 1. The number of hydrogen-bond acceptors (Lipinski definition) is 5. The number of hydrogen-bond donors (Lipinski definition) is 2. The maximum atomic E-state index is 13.0. The summed E-state index contributed by atoms with van der Waals surface area (Å²) in [6.45, 7) is 0. The van der Waals surface area contributed by atoms with Crippen molar-refractivity contribution in [3.63, 3.8) is 0 Å². The highest BCUT2D eigenvalue weighted by molar-refractivity contribution is 6.22. The number of carbonyl (C=O) groups excluding carboxylic acids is 2. The van der Waals surface area contributed by atoms with E-state index in [1.165, 1.54) is 0 Å². The van der Waals surface area contributed by atoms with Gasteiger partial charge in [-0.15, -0.1) is 11.6 Å². The second-order valence-electron chi connectivity index (χ2n) is 8.38. The Kier molecular flexibility index (Phi) is 6.72. The highest BCUT2D eigenvalue weighted by Gasteiger charge is 2.46. The Hall–Kier alpha value is -3.58. The Balaban J connectivity index is 1.52.